The van der Waals surface area contributed by atoms with Crippen LogP contribution in [0.3, 0.4) is 0 Å². The number of carbonyl (C=O) groups is 1. The van der Waals surface area contributed by atoms with Crippen molar-refractivity contribution in [1.82, 2.24) is 15.5 Å². The number of hydrogen-bond donors (Lipinski definition) is 2. The van der Waals surface area contributed by atoms with Gasteiger partial charge in [0.1, 0.15) is 0 Å². The number of ether oxygens (including phenoxy) is 2. The zero-order chi connectivity index (χ0) is 18.8. The van der Waals surface area contributed by atoms with Crippen LogP contribution in [-0.2, 0) is 9.47 Å². The number of hydrogen-bond acceptors (Lipinski definition) is 4. The number of piperidine rings is 1. The molecule has 0 aromatic rings. The summed E-state index contributed by atoms with van der Waals surface area (Å²) in [5.74, 6) is 0.826. The predicted molar refractivity (Wildman–Crippen MR) is 119 cm³/mol. The van der Waals surface area contributed by atoms with Gasteiger partial charge < -0.3 is 25.0 Å². The van der Waals surface area contributed by atoms with Crippen molar-refractivity contribution >= 4 is 36.0 Å². The Morgan fingerprint density at radius 2 is 1.89 bits per heavy atom. The van der Waals surface area contributed by atoms with E-state index in [9.17, 15) is 4.79 Å². The maximum atomic E-state index is 11.6. The summed E-state index contributed by atoms with van der Waals surface area (Å²) >= 11 is 0. The minimum atomic E-state index is -0.238. The molecule has 0 unspecified atom stereocenters. The monoisotopic (exact) mass is 496 g/mol. The number of nitrogens with one attached hydrogen (secondary N) is 2. The molecule has 1 aliphatic carbocycles. The Labute approximate surface area is 181 Å². The average molecular weight is 496 g/mol. The zero-order valence-corrected chi connectivity index (χ0v) is 19.4. The standard InChI is InChI=1S/C19H36N4O3.HI/c1-4-14-26-19(10-6-5-7-11-19)15-21-17(20-2)22-16-8-12-23(13-9-16)18(24)25-3;/h16H,4-15H2,1-3H3,(H2,20,21,22);1H. The van der Waals surface area contributed by atoms with E-state index >= 15 is 0 Å². The first-order valence-corrected chi connectivity index (χ1v) is 10.1. The maximum Gasteiger partial charge on any atom is 0.409 e. The molecule has 0 spiro atoms. The summed E-state index contributed by atoms with van der Waals surface area (Å²) in [6, 6.07) is 0.320. The highest BCUT2D eigenvalue weighted by Crippen LogP contribution is 2.31. The quantitative estimate of drug-likeness (QED) is 0.336. The summed E-state index contributed by atoms with van der Waals surface area (Å²) in [5.41, 5.74) is -0.0554. The Kier molecular flexibility index (Phi) is 11.4. The molecule has 2 aliphatic rings. The molecule has 0 atom stereocenters. The molecule has 2 fully saturated rings. The van der Waals surface area contributed by atoms with Crippen LogP contribution in [0.25, 0.3) is 0 Å². The first kappa shape index (κ1) is 24.3. The van der Waals surface area contributed by atoms with Crippen LogP contribution in [-0.4, -0.2) is 69.0 Å². The third-order valence-electron chi connectivity index (χ3n) is 5.45. The van der Waals surface area contributed by atoms with Crippen LogP contribution in [0.1, 0.15) is 58.3 Å². The van der Waals surface area contributed by atoms with Gasteiger partial charge in [-0.05, 0) is 32.1 Å². The first-order chi connectivity index (χ1) is 12.6. The van der Waals surface area contributed by atoms with Gasteiger partial charge in [0, 0.05) is 39.3 Å². The Morgan fingerprint density at radius 3 is 2.44 bits per heavy atom. The predicted octanol–water partition coefficient (Wildman–Crippen LogP) is 3.13. The van der Waals surface area contributed by atoms with E-state index in [4.69, 9.17) is 9.47 Å². The van der Waals surface area contributed by atoms with Crippen molar-refractivity contribution < 1.29 is 14.3 Å². The molecule has 8 heteroatoms. The molecule has 7 nitrogen and oxygen atoms in total. The number of likely N-dealkylation sites (tertiary alicyclic amines) is 1. The van der Waals surface area contributed by atoms with Crippen LogP contribution >= 0.6 is 24.0 Å². The molecule has 158 valence electrons. The molecule has 1 saturated heterocycles. The SMILES string of the molecule is CCCOC1(CNC(=NC)NC2CCN(C(=O)OC)CC2)CCCCC1.I. The van der Waals surface area contributed by atoms with E-state index in [1.165, 1.54) is 26.4 Å². The number of amides is 1. The highest BCUT2D eigenvalue weighted by molar-refractivity contribution is 14.0. The van der Waals surface area contributed by atoms with Gasteiger partial charge in [0.25, 0.3) is 0 Å². The van der Waals surface area contributed by atoms with Gasteiger partial charge in [-0.2, -0.15) is 0 Å². The van der Waals surface area contributed by atoms with Crippen LogP contribution in [0.2, 0.25) is 0 Å². The minimum absolute atomic E-state index is 0. The Bertz CT molecular complexity index is 462. The Balaban J connectivity index is 0.00000364. The van der Waals surface area contributed by atoms with Gasteiger partial charge in [-0.25, -0.2) is 4.79 Å². The van der Waals surface area contributed by atoms with Crippen molar-refractivity contribution in [2.24, 2.45) is 4.99 Å². The van der Waals surface area contributed by atoms with Crippen molar-refractivity contribution in [1.29, 1.82) is 0 Å². The number of nitrogens with zero attached hydrogens (tertiary/aromatic N) is 2. The van der Waals surface area contributed by atoms with Gasteiger partial charge in [-0.1, -0.05) is 26.2 Å². The summed E-state index contributed by atoms with van der Waals surface area (Å²) in [7, 11) is 3.24. The van der Waals surface area contributed by atoms with Crippen molar-refractivity contribution in [3.63, 3.8) is 0 Å². The van der Waals surface area contributed by atoms with E-state index < -0.39 is 0 Å². The Hall–Kier alpha value is -0.770. The molecule has 0 radical (unpaired) electrons. The van der Waals surface area contributed by atoms with Crippen LogP contribution in [0.5, 0.6) is 0 Å². The lowest BCUT2D eigenvalue weighted by molar-refractivity contribution is -0.0657. The molecule has 0 aromatic heterocycles. The van der Waals surface area contributed by atoms with Crippen molar-refractivity contribution in [3.8, 4) is 0 Å². The van der Waals surface area contributed by atoms with Crippen molar-refractivity contribution in [2.75, 3.05) is 40.4 Å². The summed E-state index contributed by atoms with van der Waals surface area (Å²) in [6.07, 6.45) is 8.63. The second kappa shape index (κ2) is 12.6. The molecule has 2 rings (SSSR count). The molecule has 1 amide bonds. The summed E-state index contributed by atoms with van der Waals surface area (Å²) in [4.78, 5) is 17.7. The molecule has 1 saturated carbocycles. The van der Waals surface area contributed by atoms with E-state index in [-0.39, 0.29) is 35.7 Å². The lowest BCUT2D eigenvalue weighted by Gasteiger charge is -2.38. The number of rotatable bonds is 6. The van der Waals surface area contributed by atoms with Crippen molar-refractivity contribution in [3.05, 3.63) is 0 Å². The lowest BCUT2D eigenvalue weighted by atomic mass is 9.84. The van der Waals surface area contributed by atoms with Gasteiger partial charge in [-0.15, -0.1) is 24.0 Å². The number of guanidine groups is 1. The van der Waals surface area contributed by atoms with Crippen LogP contribution in [0.15, 0.2) is 4.99 Å². The largest absolute Gasteiger partial charge is 0.453 e. The number of carbonyl (C=O) groups excluding carboxylic acids is 1. The molecule has 1 aliphatic heterocycles. The highest BCUT2D eigenvalue weighted by atomic mass is 127. The molecule has 0 bridgehead atoms. The summed E-state index contributed by atoms with van der Waals surface area (Å²) in [6.45, 7) is 5.20. The summed E-state index contributed by atoms with van der Waals surface area (Å²) < 4.78 is 11.0. The molecule has 1 heterocycles. The number of methoxy groups -OCH3 is 1. The van der Waals surface area contributed by atoms with Gasteiger partial charge in [-0.3, -0.25) is 4.99 Å². The van der Waals surface area contributed by atoms with E-state index in [1.807, 2.05) is 0 Å². The third-order valence-corrected chi connectivity index (χ3v) is 5.45. The van der Waals surface area contributed by atoms with Gasteiger partial charge >= 0.3 is 6.09 Å². The van der Waals surface area contributed by atoms with Gasteiger partial charge in [0.2, 0.25) is 0 Å². The fourth-order valence-electron chi connectivity index (χ4n) is 3.86. The minimum Gasteiger partial charge on any atom is -0.453 e. The lowest BCUT2D eigenvalue weighted by Crippen LogP contribution is -2.53. The average Bonchev–Trinajstić information content (AvgIpc) is 2.70. The number of halogens is 1. The topological polar surface area (TPSA) is 75.2 Å². The van der Waals surface area contributed by atoms with E-state index in [0.29, 0.717) is 19.1 Å². The van der Waals surface area contributed by atoms with Crippen molar-refractivity contribution in [2.45, 2.75) is 69.9 Å². The van der Waals surface area contributed by atoms with Crippen LogP contribution < -0.4 is 10.6 Å². The molecule has 2 N–H and O–H groups in total. The second-order valence-electron chi connectivity index (χ2n) is 7.39. The fourth-order valence-corrected chi connectivity index (χ4v) is 3.86. The van der Waals surface area contributed by atoms with E-state index in [0.717, 1.165) is 51.2 Å². The normalized spacial score (nSPS) is 20.6. The zero-order valence-electron chi connectivity index (χ0n) is 17.1. The summed E-state index contributed by atoms with van der Waals surface area (Å²) in [5, 5.41) is 6.99. The van der Waals surface area contributed by atoms with Crippen LogP contribution in [0.4, 0.5) is 4.79 Å². The molecular formula is C19H37IN4O3. The van der Waals surface area contributed by atoms with E-state index in [1.54, 1.807) is 11.9 Å². The van der Waals surface area contributed by atoms with Gasteiger partial charge in [0.05, 0.1) is 12.7 Å². The smallest absolute Gasteiger partial charge is 0.409 e. The Morgan fingerprint density at radius 1 is 1.22 bits per heavy atom. The first-order valence-electron chi connectivity index (χ1n) is 10.1. The fraction of sp³-hybridized carbons (Fsp3) is 0.895. The molecule has 27 heavy (non-hydrogen) atoms. The van der Waals surface area contributed by atoms with Gasteiger partial charge in [0.15, 0.2) is 5.96 Å². The molecular weight excluding hydrogens is 459 g/mol. The van der Waals surface area contributed by atoms with Crippen LogP contribution in [0, 0.1) is 0 Å². The second-order valence-corrected chi connectivity index (χ2v) is 7.39. The third kappa shape index (κ3) is 7.63. The van der Waals surface area contributed by atoms with E-state index in [2.05, 4.69) is 22.5 Å². The molecule has 0 aromatic carbocycles. The number of aliphatic imine (C=N–C) groups is 1. The highest BCUT2D eigenvalue weighted by Gasteiger charge is 2.33. The maximum absolute atomic E-state index is 11.6.